The number of aliphatic hydroxyl groups is 1. The number of hydrogen-bond donors (Lipinski definition) is 4. The van der Waals surface area contributed by atoms with Gasteiger partial charge in [0.25, 0.3) is 0 Å². The minimum Gasteiger partial charge on any atom is -0.397 e. The molecule has 264 valence electrons. The predicted molar refractivity (Wildman–Crippen MR) is 196 cm³/mol. The topological polar surface area (TPSA) is 167 Å². The summed E-state index contributed by atoms with van der Waals surface area (Å²) >= 11 is 1.51. The van der Waals surface area contributed by atoms with Gasteiger partial charge in [-0.1, -0.05) is 84.9 Å². The van der Waals surface area contributed by atoms with Gasteiger partial charge in [0.2, 0.25) is 17.0 Å². The Morgan fingerprint density at radius 1 is 0.843 bits per heavy atom. The molecule has 3 unspecified atom stereocenters. The Kier molecular flexibility index (Phi) is 12.4. The van der Waals surface area contributed by atoms with E-state index in [0.717, 1.165) is 28.8 Å². The summed E-state index contributed by atoms with van der Waals surface area (Å²) in [6.45, 7) is -0.0344. The van der Waals surface area contributed by atoms with Crippen LogP contribution < -0.4 is 16.4 Å². The lowest BCUT2D eigenvalue weighted by atomic mass is 10.0. The Morgan fingerprint density at radius 3 is 2.35 bits per heavy atom. The number of aromatic nitrogens is 4. The number of unbranched alkanes of at least 4 members (excludes halogenated alkanes) is 2. The molecule has 1 aliphatic rings. The van der Waals surface area contributed by atoms with Crippen LogP contribution in [0.15, 0.2) is 108 Å². The average molecular weight is 708 g/mol. The third-order valence-electron chi connectivity index (χ3n) is 8.44. The number of nitrogens with two attached hydrogens (primary N) is 1. The maximum Gasteiger partial charge on any atom is 0.224 e. The number of para-hydroxylation sites is 3. The number of amides is 2. The summed E-state index contributed by atoms with van der Waals surface area (Å²) in [6.07, 6.45) is 2.20. The zero-order valence-electron chi connectivity index (χ0n) is 28.1. The molecule has 5 N–H and O–H groups in total. The lowest BCUT2D eigenvalue weighted by Gasteiger charge is -2.36. The number of nitrogens with zero attached hydrogens (tertiary/aromatic N) is 4. The molecule has 13 heteroatoms. The van der Waals surface area contributed by atoms with Crippen LogP contribution in [0.3, 0.4) is 0 Å². The van der Waals surface area contributed by atoms with Crippen molar-refractivity contribution < 1.29 is 24.2 Å². The number of hydrogen-bond acceptors (Lipinski definition) is 10. The second kappa shape index (κ2) is 17.7. The fourth-order valence-corrected chi connectivity index (χ4v) is 6.66. The van der Waals surface area contributed by atoms with Gasteiger partial charge in [-0.2, -0.15) is 4.68 Å². The molecule has 1 aliphatic heterocycles. The highest BCUT2D eigenvalue weighted by atomic mass is 32.2. The molecule has 0 bridgehead atoms. The minimum atomic E-state index is -0.689. The molecule has 2 amide bonds. The van der Waals surface area contributed by atoms with E-state index in [4.69, 9.17) is 15.2 Å². The average Bonchev–Trinajstić information content (AvgIpc) is 3.64. The van der Waals surface area contributed by atoms with Crippen LogP contribution in [0.4, 0.5) is 17.1 Å². The maximum atomic E-state index is 12.8. The molecular formula is C38H41N7O5S. The molecule has 2 heterocycles. The first kappa shape index (κ1) is 35.7. The van der Waals surface area contributed by atoms with Crippen molar-refractivity contribution in [3.05, 3.63) is 120 Å². The number of rotatable bonds is 15. The molecule has 1 saturated heterocycles. The van der Waals surface area contributed by atoms with Gasteiger partial charge in [-0.3, -0.25) is 9.59 Å². The number of benzene rings is 4. The van der Waals surface area contributed by atoms with Crippen molar-refractivity contribution in [3.63, 3.8) is 0 Å². The Balaban J connectivity index is 1.05. The molecule has 4 aromatic carbocycles. The highest BCUT2D eigenvalue weighted by molar-refractivity contribution is 7.99. The first-order chi connectivity index (χ1) is 24.9. The van der Waals surface area contributed by atoms with Crippen molar-refractivity contribution >= 4 is 40.6 Å². The fraction of sp³-hybridized carbons (Fsp3) is 0.289. The van der Waals surface area contributed by atoms with Gasteiger partial charge < -0.3 is 30.9 Å². The molecule has 0 spiro atoms. The molecule has 12 nitrogen and oxygen atoms in total. The lowest BCUT2D eigenvalue weighted by molar-refractivity contribution is -0.245. The molecule has 0 saturated carbocycles. The van der Waals surface area contributed by atoms with Crippen LogP contribution in [-0.4, -0.2) is 49.0 Å². The zero-order valence-corrected chi connectivity index (χ0v) is 28.9. The quantitative estimate of drug-likeness (QED) is 0.0529. The SMILES string of the molecule is Nc1ccccc1NC(=O)CCCCCC(=O)Nc1cccc(C2OC(CSc3nnnn3-c3ccccc3)CC(c3ccc(CO)cc3)O2)c1. The van der Waals surface area contributed by atoms with Crippen LogP contribution >= 0.6 is 11.8 Å². The number of tetrazole rings is 1. The van der Waals surface area contributed by atoms with E-state index in [9.17, 15) is 14.7 Å². The number of nitrogen functional groups attached to an aromatic ring is 1. The van der Waals surface area contributed by atoms with Crippen molar-refractivity contribution in [1.29, 1.82) is 0 Å². The Bertz CT molecular complexity index is 1890. The van der Waals surface area contributed by atoms with Gasteiger partial charge >= 0.3 is 0 Å². The Labute approximate surface area is 300 Å². The summed E-state index contributed by atoms with van der Waals surface area (Å²) in [5.41, 5.74) is 11.1. The van der Waals surface area contributed by atoms with Crippen molar-refractivity contribution in [3.8, 4) is 5.69 Å². The van der Waals surface area contributed by atoms with Crippen LogP contribution in [-0.2, 0) is 25.7 Å². The van der Waals surface area contributed by atoms with E-state index in [2.05, 4.69) is 26.2 Å². The summed E-state index contributed by atoms with van der Waals surface area (Å²) in [7, 11) is 0. The van der Waals surface area contributed by atoms with Crippen molar-refractivity contribution in [2.75, 3.05) is 22.1 Å². The van der Waals surface area contributed by atoms with Gasteiger partial charge in [0.1, 0.15) is 0 Å². The third-order valence-corrected chi connectivity index (χ3v) is 9.49. The van der Waals surface area contributed by atoms with Gasteiger partial charge in [-0.15, -0.1) is 5.10 Å². The molecule has 6 rings (SSSR count). The van der Waals surface area contributed by atoms with Gasteiger partial charge in [0, 0.05) is 36.3 Å². The molecule has 3 atom stereocenters. The number of carbonyl (C=O) groups is 2. The molecular weight excluding hydrogens is 667 g/mol. The van der Waals surface area contributed by atoms with Gasteiger partial charge in [-0.25, -0.2) is 0 Å². The van der Waals surface area contributed by atoms with E-state index < -0.39 is 6.29 Å². The van der Waals surface area contributed by atoms with Crippen LogP contribution in [0.5, 0.6) is 0 Å². The van der Waals surface area contributed by atoms with Crippen molar-refractivity contribution in [2.24, 2.45) is 0 Å². The second-order valence-electron chi connectivity index (χ2n) is 12.2. The number of carbonyl (C=O) groups excluding carboxylic acids is 2. The molecule has 1 aromatic heterocycles. The highest BCUT2D eigenvalue weighted by Gasteiger charge is 2.33. The number of thioether (sulfide) groups is 1. The number of aliphatic hydroxyl groups excluding tert-OH is 1. The van der Waals surface area contributed by atoms with Gasteiger partial charge in [-0.05, 0) is 70.8 Å². The summed E-state index contributed by atoms with van der Waals surface area (Å²) in [5, 5.41) is 28.3. The smallest absolute Gasteiger partial charge is 0.224 e. The van der Waals surface area contributed by atoms with Crippen LogP contribution in [0, 0.1) is 0 Å². The minimum absolute atomic E-state index is 0.0344. The summed E-state index contributed by atoms with van der Waals surface area (Å²) in [6, 6.07) is 32.1. The number of anilines is 3. The standard InChI is InChI=1S/C38H41N7O5S/c39-32-14-7-8-15-33(32)41-36(48)17-6-2-5-16-35(47)40-29-11-9-10-28(22-29)37-49-31(23-34(50-37)27-20-18-26(24-46)19-21-27)25-51-38-42-43-44-45(38)30-12-3-1-4-13-30/h1,3-4,7-15,18-22,31,34,37,46H,2,5-6,16-17,23-25,39H2,(H,40,47)(H,41,48). The van der Waals surface area contributed by atoms with E-state index in [0.29, 0.717) is 60.1 Å². The van der Waals surface area contributed by atoms with E-state index in [1.807, 2.05) is 91.0 Å². The lowest BCUT2D eigenvalue weighted by Crippen LogP contribution is -2.31. The molecule has 51 heavy (non-hydrogen) atoms. The summed E-state index contributed by atoms with van der Waals surface area (Å²) in [4.78, 5) is 25.1. The zero-order chi connectivity index (χ0) is 35.4. The van der Waals surface area contributed by atoms with E-state index in [-0.39, 0.29) is 30.6 Å². The van der Waals surface area contributed by atoms with Crippen LogP contribution in [0.1, 0.15) is 67.6 Å². The number of ether oxygens (including phenoxy) is 2. The van der Waals surface area contributed by atoms with Crippen LogP contribution in [0.2, 0.25) is 0 Å². The summed E-state index contributed by atoms with van der Waals surface area (Å²) < 4.78 is 14.7. The fourth-order valence-electron chi connectivity index (χ4n) is 5.75. The third kappa shape index (κ3) is 10.0. The number of nitrogens with one attached hydrogen (secondary N) is 2. The monoisotopic (exact) mass is 707 g/mol. The second-order valence-corrected chi connectivity index (χ2v) is 13.2. The molecule has 1 fully saturated rings. The predicted octanol–water partition coefficient (Wildman–Crippen LogP) is 6.60. The Morgan fingerprint density at radius 2 is 1.59 bits per heavy atom. The van der Waals surface area contributed by atoms with E-state index in [1.54, 1.807) is 16.8 Å². The van der Waals surface area contributed by atoms with E-state index >= 15 is 0 Å². The first-order valence-electron chi connectivity index (χ1n) is 17.0. The van der Waals surface area contributed by atoms with E-state index in [1.165, 1.54) is 11.8 Å². The normalized spacial score (nSPS) is 17.2. The van der Waals surface area contributed by atoms with Gasteiger partial charge in [0.15, 0.2) is 6.29 Å². The molecule has 0 aliphatic carbocycles. The highest BCUT2D eigenvalue weighted by Crippen LogP contribution is 2.40. The molecule has 0 radical (unpaired) electrons. The maximum absolute atomic E-state index is 12.8. The molecule has 5 aromatic rings. The van der Waals surface area contributed by atoms with Gasteiger partial charge in [0.05, 0.1) is 35.9 Å². The summed E-state index contributed by atoms with van der Waals surface area (Å²) in [5.74, 6) is 0.377. The van der Waals surface area contributed by atoms with Crippen LogP contribution in [0.25, 0.3) is 5.69 Å². The first-order valence-corrected chi connectivity index (χ1v) is 17.9. The van der Waals surface area contributed by atoms with Crippen molar-refractivity contribution in [1.82, 2.24) is 20.2 Å². The Hall–Kier alpha value is -5.08. The van der Waals surface area contributed by atoms with Crippen molar-refractivity contribution in [2.45, 2.75) is 68.8 Å². The largest absolute Gasteiger partial charge is 0.397 e.